The summed E-state index contributed by atoms with van der Waals surface area (Å²) in [5.41, 5.74) is 7.67. The zero-order chi connectivity index (χ0) is 24.1. The van der Waals surface area contributed by atoms with E-state index in [0.29, 0.717) is 11.1 Å². The van der Waals surface area contributed by atoms with Crippen LogP contribution in [-0.2, 0) is 12.8 Å². The second-order valence-electron chi connectivity index (χ2n) is 8.99. The Morgan fingerprint density at radius 3 is 1.33 bits per heavy atom. The van der Waals surface area contributed by atoms with Crippen molar-refractivity contribution in [3.05, 3.63) is 99.1 Å². The molecule has 0 aliphatic carbocycles. The zero-order valence-corrected chi connectivity index (χ0v) is 21.7. The second-order valence-corrected chi connectivity index (χ2v) is 11.0. The quantitative estimate of drug-likeness (QED) is 0.309. The van der Waals surface area contributed by atoms with Crippen LogP contribution in [0.25, 0.3) is 0 Å². The molecule has 3 rings (SSSR count). The largest absolute Gasteiger partial charge is 0.288 e. The van der Waals surface area contributed by atoms with E-state index < -0.39 is 7.92 Å². The molecule has 0 aromatic heterocycles. The first-order valence-corrected chi connectivity index (χ1v) is 13.3. The smallest absolute Gasteiger partial charge is 0.197 e. The fourth-order valence-electron chi connectivity index (χ4n) is 4.77. The molecule has 0 aliphatic rings. The fraction of sp³-hybridized carbons (Fsp3) is 0.333. The first-order valence-electron chi connectivity index (χ1n) is 11.9. The third-order valence-electron chi connectivity index (χ3n) is 6.11. The first kappa shape index (κ1) is 25.1. The molecule has 0 amide bonds. The van der Waals surface area contributed by atoms with Gasteiger partial charge in [-0.1, -0.05) is 81.3 Å². The number of aryl methyl sites for hydroxylation is 6. The van der Waals surface area contributed by atoms with Gasteiger partial charge in [-0.25, -0.2) is 0 Å². The average Bonchev–Trinajstić information content (AvgIpc) is 2.74. The van der Waals surface area contributed by atoms with E-state index in [1.54, 1.807) is 0 Å². The van der Waals surface area contributed by atoms with Gasteiger partial charge in [0.1, 0.15) is 0 Å². The van der Waals surface area contributed by atoms with Crippen LogP contribution in [0.15, 0.2) is 54.6 Å². The molecular weight excluding hydrogens is 423 g/mol. The van der Waals surface area contributed by atoms with Crippen molar-refractivity contribution in [1.82, 2.24) is 0 Å². The lowest BCUT2D eigenvalue weighted by Crippen LogP contribution is -2.19. The predicted octanol–water partition coefficient (Wildman–Crippen LogP) is 7.61. The molecule has 0 saturated carbocycles. The lowest BCUT2D eigenvalue weighted by molar-refractivity contribution is 0.105. The van der Waals surface area contributed by atoms with Crippen LogP contribution in [0.2, 0.25) is 0 Å². The maximum Gasteiger partial charge on any atom is 0.197 e. The van der Waals surface area contributed by atoms with Gasteiger partial charge in [-0.15, -0.1) is 0 Å². The van der Waals surface area contributed by atoms with E-state index >= 15 is 0 Å². The summed E-state index contributed by atoms with van der Waals surface area (Å²) < 4.78 is 0. The molecule has 0 saturated heterocycles. The predicted molar refractivity (Wildman–Crippen MR) is 141 cm³/mol. The number of rotatable bonds is 9. The lowest BCUT2D eigenvalue weighted by atomic mass is 9.98. The van der Waals surface area contributed by atoms with Crippen LogP contribution in [0.5, 0.6) is 0 Å². The minimum Gasteiger partial charge on any atom is -0.288 e. The van der Waals surface area contributed by atoms with Gasteiger partial charge >= 0.3 is 0 Å². The van der Waals surface area contributed by atoms with Crippen LogP contribution < -0.4 is 5.30 Å². The minimum absolute atomic E-state index is 0.0457. The van der Waals surface area contributed by atoms with Crippen molar-refractivity contribution in [3.8, 4) is 0 Å². The van der Waals surface area contributed by atoms with Crippen LogP contribution in [0.4, 0.5) is 0 Å². The molecular formula is C30H35O2P. The Bertz CT molecular complexity index is 1040. The van der Waals surface area contributed by atoms with Gasteiger partial charge in [-0.05, 0) is 79.2 Å². The summed E-state index contributed by atoms with van der Waals surface area (Å²) in [7, 11) is -1.71. The molecule has 0 unspecified atom stereocenters. The number of carbonyl (C=O) groups excluding carboxylic acids is 2. The summed E-state index contributed by atoms with van der Waals surface area (Å²) in [4.78, 5) is 28.1. The van der Waals surface area contributed by atoms with Gasteiger partial charge in [-0.3, -0.25) is 9.59 Å². The van der Waals surface area contributed by atoms with E-state index in [0.717, 1.165) is 53.2 Å². The summed E-state index contributed by atoms with van der Waals surface area (Å²) in [5, 5.41) is 0.815. The average molecular weight is 459 g/mol. The molecule has 0 N–H and O–H groups in total. The van der Waals surface area contributed by atoms with Crippen molar-refractivity contribution < 1.29 is 9.59 Å². The molecule has 0 spiro atoms. The Morgan fingerprint density at radius 2 is 1.00 bits per heavy atom. The molecule has 3 heteroatoms. The molecule has 0 radical (unpaired) electrons. The van der Waals surface area contributed by atoms with Gasteiger partial charge in [0.2, 0.25) is 0 Å². The summed E-state index contributed by atoms with van der Waals surface area (Å²) in [6.07, 6.45) is 4.11. The van der Waals surface area contributed by atoms with Gasteiger partial charge in [0.25, 0.3) is 0 Å². The maximum atomic E-state index is 14.1. The Morgan fingerprint density at radius 1 is 0.636 bits per heavy atom. The molecule has 0 fully saturated rings. The number of hydrogen-bond acceptors (Lipinski definition) is 2. The van der Waals surface area contributed by atoms with Gasteiger partial charge < -0.3 is 0 Å². The SMILES string of the molecule is CCCc1cc(C)c(C(=O)P(C(=O)c2c(C)cc(CCC)cc2C)c2ccccc2)c(C)c1. The van der Waals surface area contributed by atoms with E-state index in [-0.39, 0.29) is 11.0 Å². The standard InChI is InChI=1S/C30H35O2P/c1-7-12-24-16-20(3)27(21(4)17-24)29(31)33(26-14-10-9-11-15-26)30(32)28-22(5)18-25(13-8-2)19-23(28)6/h9-11,14-19H,7-8,12-13H2,1-6H3. The van der Waals surface area contributed by atoms with E-state index in [9.17, 15) is 9.59 Å². The van der Waals surface area contributed by atoms with Crippen molar-refractivity contribution in [2.75, 3.05) is 0 Å². The van der Waals surface area contributed by atoms with Crippen LogP contribution in [0.1, 0.15) is 80.8 Å². The Hall–Kier alpha value is -2.57. The van der Waals surface area contributed by atoms with Crippen molar-refractivity contribution >= 4 is 24.3 Å². The first-order chi connectivity index (χ1) is 15.8. The van der Waals surface area contributed by atoms with Crippen molar-refractivity contribution in [2.24, 2.45) is 0 Å². The van der Waals surface area contributed by atoms with Crippen LogP contribution in [-0.4, -0.2) is 11.0 Å². The highest BCUT2D eigenvalue weighted by atomic mass is 31.1. The summed E-state index contributed by atoms with van der Waals surface area (Å²) in [6, 6.07) is 18.1. The Labute approximate surface area is 200 Å². The molecule has 0 heterocycles. The van der Waals surface area contributed by atoms with E-state index in [1.807, 2.05) is 58.0 Å². The van der Waals surface area contributed by atoms with Gasteiger partial charge in [0.15, 0.2) is 11.0 Å². The van der Waals surface area contributed by atoms with Crippen molar-refractivity contribution in [3.63, 3.8) is 0 Å². The molecule has 33 heavy (non-hydrogen) atoms. The molecule has 0 aliphatic heterocycles. The monoisotopic (exact) mass is 458 g/mol. The molecule has 0 atom stereocenters. The highest BCUT2D eigenvalue weighted by Gasteiger charge is 2.33. The molecule has 0 bridgehead atoms. The van der Waals surface area contributed by atoms with Crippen molar-refractivity contribution in [2.45, 2.75) is 67.2 Å². The second kappa shape index (κ2) is 11.0. The number of hydrogen-bond donors (Lipinski definition) is 0. The van der Waals surface area contributed by atoms with Crippen LogP contribution in [0.3, 0.4) is 0 Å². The fourth-order valence-corrected chi connectivity index (χ4v) is 7.05. The lowest BCUT2D eigenvalue weighted by Gasteiger charge is -2.21. The van der Waals surface area contributed by atoms with Gasteiger partial charge in [0.05, 0.1) is 7.92 Å². The van der Waals surface area contributed by atoms with E-state index in [4.69, 9.17) is 0 Å². The summed E-state index contributed by atoms with van der Waals surface area (Å²) in [5.74, 6) is 0. The normalized spacial score (nSPS) is 11.1. The highest BCUT2D eigenvalue weighted by molar-refractivity contribution is 7.96. The number of carbonyl (C=O) groups is 2. The topological polar surface area (TPSA) is 34.1 Å². The van der Waals surface area contributed by atoms with Crippen LogP contribution >= 0.6 is 7.92 Å². The summed E-state index contributed by atoms with van der Waals surface area (Å²) in [6.45, 7) is 12.3. The molecule has 172 valence electrons. The highest BCUT2D eigenvalue weighted by Crippen LogP contribution is 2.45. The maximum absolute atomic E-state index is 14.1. The van der Waals surface area contributed by atoms with E-state index in [1.165, 1.54) is 11.1 Å². The molecule has 3 aromatic rings. The zero-order valence-electron chi connectivity index (χ0n) is 20.8. The molecule has 3 aromatic carbocycles. The van der Waals surface area contributed by atoms with Gasteiger partial charge in [0, 0.05) is 11.1 Å². The van der Waals surface area contributed by atoms with Gasteiger partial charge in [-0.2, -0.15) is 0 Å². The molecule has 2 nitrogen and oxygen atoms in total. The minimum atomic E-state index is -1.71. The van der Waals surface area contributed by atoms with Crippen LogP contribution in [0, 0.1) is 27.7 Å². The third-order valence-corrected chi connectivity index (χ3v) is 8.18. The Balaban J connectivity index is 2.14. The third kappa shape index (κ3) is 5.50. The summed E-state index contributed by atoms with van der Waals surface area (Å²) >= 11 is 0. The number of benzene rings is 3. The van der Waals surface area contributed by atoms with E-state index in [2.05, 4.69) is 38.1 Å². The van der Waals surface area contributed by atoms with Crippen molar-refractivity contribution in [1.29, 1.82) is 0 Å². The Kier molecular flexibility index (Phi) is 8.38.